The van der Waals surface area contributed by atoms with Crippen molar-refractivity contribution in [2.75, 3.05) is 20.8 Å². The number of carbonyl (C=O) groups is 1. The molecule has 0 N–H and O–H groups in total. The lowest BCUT2D eigenvalue weighted by molar-refractivity contribution is 0.0406. The first kappa shape index (κ1) is 23.4. The highest BCUT2D eigenvalue weighted by atomic mass is 16.6. The highest BCUT2D eigenvalue weighted by Gasteiger charge is 2.28. The van der Waals surface area contributed by atoms with Crippen LogP contribution in [-0.2, 0) is 11.4 Å². The number of methoxy groups -OCH3 is 2. The van der Waals surface area contributed by atoms with Gasteiger partial charge in [0.15, 0.2) is 6.10 Å². The molecule has 0 radical (unpaired) electrons. The quantitative estimate of drug-likeness (QED) is 0.325. The Bertz CT molecular complexity index is 1390. The first-order valence-corrected chi connectivity index (χ1v) is 11.9. The van der Waals surface area contributed by atoms with Gasteiger partial charge < -0.3 is 19.2 Å². The number of rotatable bonds is 8. The smallest absolute Gasteiger partial charge is 0.254 e. The molecule has 1 amide bonds. The van der Waals surface area contributed by atoms with E-state index in [2.05, 4.69) is 5.16 Å². The standard InChI is InChI=1S/C30H28N2O4/c1-34-24-15-13-23(14-16-24)29-18-26(36-31-29)20-32(19-21-7-5-10-25(17-21)35-2)30(33)28-12-6-9-22-8-3-4-11-27(22)28/h3-17,26H,18-20H2,1-2H3. The third-order valence-corrected chi connectivity index (χ3v) is 6.40. The van der Waals surface area contributed by atoms with Crippen molar-refractivity contribution in [1.29, 1.82) is 0 Å². The minimum absolute atomic E-state index is 0.0453. The number of ether oxygens (including phenoxy) is 2. The summed E-state index contributed by atoms with van der Waals surface area (Å²) in [6.45, 7) is 0.833. The summed E-state index contributed by atoms with van der Waals surface area (Å²) in [6, 6.07) is 29.3. The fourth-order valence-electron chi connectivity index (χ4n) is 4.52. The Morgan fingerprint density at radius 2 is 1.67 bits per heavy atom. The molecule has 0 saturated heterocycles. The van der Waals surface area contributed by atoms with Crippen molar-refractivity contribution in [3.63, 3.8) is 0 Å². The van der Waals surface area contributed by atoms with Gasteiger partial charge in [-0.15, -0.1) is 0 Å². The molecule has 36 heavy (non-hydrogen) atoms. The van der Waals surface area contributed by atoms with Crippen molar-refractivity contribution in [3.05, 3.63) is 108 Å². The third-order valence-electron chi connectivity index (χ3n) is 6.40. The topological polar surface area (TPSA) is 60.4 Å². The van der Waals surface area contributed by atoms with E-state index in [9.17, 15) is 4.79 Å². The van der Waals surface area contributed by atoms with Crippen LogP contribution in [0, 0.1) is 0 Å². The zero-order chi connectivity index (χ0) is 24.9. The van der Waals surface area contributed by atoms with Gasteiger partial charge in [0.05, 0.1) is 26.5 Å². The molecule has 4 aromatic carbocycles. The van der Waals surface area contributed by atoms with Crippen molar-refractivity contribution < 1.29 is 19.1 Å². The lowest BCUT2D eigenvalue weighted by atomic mass is 10.0. The number of hydrogen-bond acceptors (Lipinski definition) is 5. The summed E-state index contributed by atoms with van der Waals surface area (Å²) in [4.78, 5) is 21.6. The van der Waals surface area contributed by atoms with E-state index < -0.39 is 0 Å². The minimum Gasteiger partial charge on any atom is -0.497 e. The molecule has 5 rings (SSSR count). The first-order valence-electron chi connectivity index (χ1n) is 11.9. The Balaban J connectivity index is 1.39. The van der Waals surface area contributed by atoms with Crippen molar-refractivity contribution in [2.45, 2.75) is 19.1 Å². The second-order valence-corrected chi connectivity index (χ2v) is 8.76. The van der Waals surface area contributed by atoms with Crippen LogP contribution in [0.4, 0.5) is 0 Å². The maximum absolute atomic E-state index is 13.9. The molecule has 6 nitrogen and oxygen atoms in total. The van der Waals surface area contributed by atoms with Crippen molar-refractivity contribution in [1.82, 2.24) is 4.90 Å². The largest absolute Gasteiger partial charge is 0.497 e. The van der Waals surface area contributed by atoms with Crippen molar-refractivity contribution in [3.8, 4) is 11.5 Å². The molecule has 4 aromatic rings. The summed E-state index contributed by atoms with van der Waals surface area (Å²) in [7, 11) is 3.29. The van der Waals surface area contributed by atoms with E-state index in [4.69, 9.17) is 14.3 Å². The summed E-state index contributed by atoms with van der Waals surface area (Å²) in [5.41, 5.74) is 3.50. The number of nitrogens with zero attached hydrogens (tertiary/aromatic N) is 2. The Kier molecular flexibility index (Phi) is 6.85. The van der Waals surface area contributed by atoms with E-state index in [0.29, 0.717) is 25.1 Å². The molecular weight excluding hydrogens is 452 g/mol. The molecule has 1 aliphatic rings. The van der Waals surface area contributed by atoms with E-state index in [1.54, 1.807) is 14.2 Å². The van der Waals surface area contributed by atoms with Crippen LogP contribution in [0.3, 0.4) is 0 Å². The lowest BCUT2D eigenvalue weighted by Gasteiger charge is -2.26. The third kappa shape index (κ3) is 5.03. The normalized spacial score (nSPS) is 14.7. The van der Waals surface area contributed by atoms with Crippen LogP contribution in [0.15, 0.2) is 96.2 Å². The summed E-state index contributed by atoms with van der Waals surface area (Å²) in [5, 5.41) is 6.30. The van der Waals surface area contributed by atoms with Crippen LogP contribution in [0.1, 0.15) is 27.9 Å². The van der Waals surface area contributed by atoms with Gasteiger partial charge in [-0.1, -0.05) is 53.7 Å². The van der Waals surface area contributed by atoms with E-state index in [1.807, 2.05) is 95.9 Å². The molecular formula is C30H28N2O4. The zero-order valence-electron chi connectivity index (χ0n) is 20.4. The Labute approximate surface area is 210 Å². The lowest BCUT2D eigenvalue weighted by Crippen LogP contribution is -2.37. The van der Waals surface area contributed by atoms with E-state index in [0.717, 1.165) is 39.1 Å². The summed E-state index contributed by atoms with van der Waals surface area (Å²) in [5.74, 6) is 1.50. The number of hydrogen-bond donors (Lipinski definition) is 0. The number of carbonyl (C=O) groups excluding carboxylic acids is 1. The monoisotopic (exact) mass is 480 g/mol. The highest BCUT2D eigenvalue weighted by Crippen LogP contribution is 2.25. The van der Waals surface area contributed by atoms with E-state index >= 15 is 0 Å². The molecule has 1 heterocycles. The minimum atomic E-state index is -0.244. The van der Waals surface area contributed by atoms with Gasteiger partial charge in [-0.05, 0) is 64.4 Å². The number of oxime groups is 1. The number of benzene rings is 4. The SMILES string of the molecule is COc1ccc(C2=NOC(CN(Cc3cccc(OC)c3)C(=O)c3cccc4ccccc34)C2)cc1. The fraction of sp³-hybridized carbons (Fsp3) is 0.200. The van der Waals surface area contributed by atoms with Gasteiger partial charge in [0.25, 0.3) is 5.91 Å². The van der Waals surface area contributed by atoms with Crippen LogP contribution >= 0.6 is 0 Å². The van der Waals surface area contributed by atoms with Gasteiger partial charge in [-0.2, -0.15) is 0 Å². The first-order chi connectivity index (χ1) is 17.6. The van der Waals surface area contributed by atoms with Gasteiger partial charge >= 0.3 is 0 Å². The molecule has 1 unspecified atom stereocenters. The van der Waals surface area contributed by atoms with E-state index in [-0.39, 0.29) is 12.0 Å². The number of fused-ring (bicyclic) bond motifs is 1. The molecule has 6 heteroatoms. The number of amides is 1. The average Bonchev–Trinajstić information content (AvgIpc) is 3.40. The highest BCUT2D eigenvalue weighted by molar-refractivity contribution is 6.07. The maximum Gasteiger partial charge on any atom is 0.254 e. The molecule has 1 atom stereocenters. The molecule has 0 saturated carbocycles. The van der Waals surface area contributed by atoms with Gasteiger partial charge in [0, 0.05) is 18.5 Å². The van der Waals surface area contributed by atoms with Crippen LogP contribution in [0.2, 0.25) is 0 Å². The van der Waals surface area contributed by atoms with Crippen LogP contribution in [0.25, 0.3) is 10.8 Å². The molecule has 0 spiro atoms. The Hall–Kier alpha value is -4.32. The molecule has 0 fully saturated rings. The average molecular weight is 481 g/mol. The van der Waals surface area contributed by atoms with Gasteiger partial charge in [-0.3, -0.25) is 4.79 Å². The molecule has 0 bridgehead atoms. The zero-order valence-corrected chi connectivity index (χ0v) is 20.4. The van der Waals surface area contributed by atoms with Gasteiger partial charge in [-0.25, -0.2) is 0 Å². The van der Waals surface area contributed by atoms with Crippen molar-refractivity contribution in [2.24, 2.45) is 5.16 Å². The van der Waals surface area contributed by atoms with Crippen LogP contribution in [-0.4, -0.2) is 43.4 Å². The van der Waals surface area contributed by atoms with Crippen LogP contribution in [0.5, 0.6) is 11.5 Å². The Morgan fingerprint density at radius 1 is 0.917 bits per heavy atom. The second-order valence-electron chi connectivity index (χ2n) is 8.76. The van der Waals surface area contributed by atoms with Crippen molar-refractivity contribution >= 4 is 22.4 Å². The Morgan fingerprint density at radius 3 is 2.47 bits per heavy atom. The molecule has 182 valence electrons. The summed E-state index contributed by atoms with van der Waals surface area (Å²) >= 11 is 0. The second kappa shape index (κ2) is 10.5. The van der Waals surface area contributed by atoms with Gasteiger partial charge in [0.1, 0.15) is 11.5 Å². The predicted octanol–water partition coefficient (Wildman–Crippen LogP) is 5.69. The van der Waals surface area contributed by atoms with E-state index in [1.165, 1.54) is 0 Å². The molecule has 1 aliphatic heterocycles. The summed E-state index contributed by atoms with van der Waals surface area (Å²) in [6.07, 6.45) is 0.371. The maximum atomic E-state index is 13.9. The fourth-order valence-corrected chi connectivity index (χ4v) is 4.52. The van der Waals surface area contributed by atoms with Crippen LogP contribution < -0.4 is 9.47 Å². The molecule has 0 aromatic heterocycles. The summed E-state index contributed by atoms with van der Waals surface area (Å²) < 4.78 is 10.7. The van der Waals surface area contributed by atoms with Gasteiger partial charge in [0.2, 0.25) is 0 Å². The predicted molar refractivity (Wildman–Crippen MR) is 141 cm³/mol. The molecule has 0 aliphatic carbocycles.